The topological polar surface area (TPSA) is 74.8 Å². The summed E-state index contributed by atoms with van der Waals surface area (Å²) < 4.78 is 5.24. The Balaban J connectivity index is 2.33. The molecule has 1 aromatic rings. The number of aromatic nitrogens is 2. The third-order valence-electron chi connectivity index (χ3n) is 4.04. The molecule has 138 valence electrons. The molecule has 0 aliphatic heterocycles. The first-order chi connectivity index (χ1) is 11.7. The van der Waals surface area contributed by atoms with E-state index in [4.69, 9.17) is 4.52 Å². The summed E-state index contributed by atoms with van der Waals surface area (Å²) >= 11 is 1.45. The molecule has 0 saturated heterocycles. The summed E-state index contributed by atoms with van der Waals surface area (Å²) in [6.07, 6.45) is 8.24. The van der Waals surface area contributed by atoms with Crippen molar-refractivity contribution in [2.75, 3.05) is 25.4 Å². The van der Waals surface area contributed by atoms with Crippen molar-refractivity contribution in [3.8, 4) is 0 Å². The highest BCUT2D eigenvalue weighted by Gasteiger charge is 2.15. The van der Waals surface area contributed by atoms with Crippen molar-refractivity contribution in [2.45, 2.75) is 65.7 Å². The minimum Gasteiger partial charge on any atom is -0.410 e. The van der Waals surface area contributed by atoms with Crippen molar-refractivity contribution < 1.29 is 9.73 Å². The number of hydrogen-bond acceptors (Lipinski definition) is 7. The molecule has 24 heavy (non-hydrogen) atoms. The van der Waals surface area contributed by atoms with E-state index >= 15 is 0 Å². The average Bonchev–Trinajstić information content (AvgIpc) is 3.07. The maximum Gasteiger partial charge on any atom is 0.286 e. The Morgan fingerprint density at radius 1 is 1.12 bits per heavy atom. The second-order valence-corrected chi connectivity index (χ2v) is 6.90. The van der Waals surface area contributed by atoms with Crippen LogP contribution in [-0.2, 0) is 6.42 Å². The quantitative estimate of drug-likeness (QED) is 0.188. The van der Waals surface area contributed by atoms with Crippen LogP contribution in [0.4, 0.5) is 0 Å². The molecule has 1 aromatic heterocycles. The van der Waals surface area contributed by atoms with E-state index < -0.39 is 0 Å². The maximum absolute atomic E-state index is 9.19. The van der Waals surface area contributed by atoms with Crippen LogP contribution < -0.4 is 0 Å². The normalized spacial score (nSPS) is 12.2. The lowest BCUT2D eigenvalue weighted by Crippen LogP contribution is -2.25. The first-order valence-electron chi connectivity index (χ1n) is 9.15. The zero-order valence-corrected chi connectivity index (χ0v) is 16.1. The van der Waals surface area contributed by atoms with Gasteiger partial charge in [0, 0.05) is 18.7 Å². The fourth-order valence-corrected chi connectivity index (χ4v) is 3.26. The van der Waals surface area contributed by atoms with Gasteiger partial charge in [0.2, 0.25) is 5.04 Å². The van der Waals surface area contributed by atoms with Crippen molar-refractivity contribution >= 4 is 16.8 Å². The van der Waals surface area contributed by atoms with Gasteiger partial charge in [-0.1, -0.05) is 74.9 Å². The van der Waals surface area contributed by atoms with Gasteiger partial charge in [0.25, 0.3) is 5.89 Å². The fraction of sp³-hybridized carbons (Fsp3) is 0.824. The van der Waals surface area contributed by atoms with Gasteiger partial charge >= 0.3 is 0 Å². The summed E-state index contributed by atoms with van der Waals surface area (Å²) in [6, 6.07) is 0. The Bertz CT molecular complexity index is 461. The zero-order chi connectivity index (χ0) is 17.6. The lowest BCUT2D eigenvalue weighted by molar-refractivity contribution is 0.317. The van der Waals surface area contributed by atoms with Crippen molar-refractivity contribution in [2.24, 2.45) is 5.16 Å². The summed E-state index contributed by atoms with van der Waals surface area (Å²) in [6.45, 7) is 9.48. The van der Waals surface area contributed by atoms with Crippen molar-refractivity contribution in [1.82, 2.24) is 15.0 Å². The van der Waals surface area contributed by atoms with Crippen LogP contribution in [-0.4, -0.2) is 50.7 Å². The van der Waals surface area contributed by atoms with Crippen LogP contribution >= 0.6 is 11.8 Å². The predicted octanol–water partition coefficient (Wildman–Crippen LogP) is 4.18. The summed E-state index contributed by atoms with van der Waals surface area (Å²) in [5, 5.41) is 16.9. The molecule has 0 aliphatic carbocycles. The van der Waals surface area contributed by atoms with Crippen LogP contribution in [0.15, 0.2) is 9.68 Å². The molecule has 0 radical (unpaired) electrons. The van der Waals surface area contributed by atoms with E-state index in [1.54, 1.807) is 0 Å². The third-order valence-corrected chi connectivity index (χ3v) is 4.95. The molecule has 1 heterocycles. The summed E-state index contributed by atoms with van der Waals surface area (Å²) in [5.41, 5.74) is 0. The van der Waals surface area contributed by atoms with Crippen LogP contribution in [0.5, 0.6) is 0 Å². The maximum atomic E-state index is 9.19. The van der Waals surface area contributed by atoms with Crippen molar-refractivity contribution in [3.05, 3.63) is 11.7 Å². The molecule has 6 nitrogen and oxygen atoms in total. The van der Waals surface area contributed by atoms with E-state index in [0.717, 1.165) is 38.2 Å². The fourth-order valence-electron chi connectivity index (χ4n) is 2.45. The van der Waals surface area contributed by atoms with E-state index in [9.17, 15) is 5.21 Å². The summed E-state index contributed by atoms with van der Waals surface area (Å²) in [7, 11) is 0. The molecular weight excluding hydrogens is 324 g/mol. The zero-order valence-electron chi connectivity index (χ0n) is 15.3. The molecule has 0 amide bonds. The molecule has 1 N–H and O–H groups in total. The Labute approximate surface area is 150 Å². The van der Waals surface area contributed by atoms with E-state index in [-0.39, 0.29) is 0 Å². The minimum absolute atomic E-state index is 0.322. The molecule has 0 fully saturated rings. The number of unbranched alkanes of at least 4 members (excludes halogenated alkanes) is 5. The van der Waals surface area contributed by atoms with Gasteiger partial charge < -0.3 is 14.6 Å². The highest BCUT2D eigenvalue weighted by Crippen LogP contribution is 2.14. The van der Waals surface area contributed by atoms with Gasteiger partial charge in [0.15, 0.2) is 5.82 Å². The van der Waals surface area contributed by atoms with Crippen molar-refractivity contribution in [3.63, 3.8) is 0 Å². The van der Waals surface area contributed by atoms with Crippen molar-refractivity contribution in [1.29, 1.82) is 0 Å². The van der Waals surface area contributed by atoms with Crippen LogP contribution in [0, 0.1) is 0 Å². The number of aryl methyl sites for hydroxylation is 1. The van der Waals surface area contributed by atoms with E-state index in [1.807, 2.05) is 0 Å². The smallest absolute Gasteiger partial charge is 0.286 e. The van der Waals surface area contributed by atoms with E-state index in [2.05, 4.69) is 41.0 Å². The number of thioether (sulfide) groups is 1. The van der Waals surface area contributed by atoms with Gasteiger partial charge in [-0.3, -0.25) is 0 Å². The Morgan fingerprint density at radius 2 is 1.83 bits per heavy atom. The third kappa shape index (κ3) is 8.15. The largest absolute Gasteiger partial charge is 0.410 e. The molecular formula is C17H32N4O2S. The first-order valence-corrected chi connectivity index (χ1v) is 10.1. The van der Waals surface area contributed by atoms with Gasteiger partial charge in [-0.05, 0) is 19.5 Å². The molecule has 7 heteroatoms. The molecule has 0 unspecified atom stereocenters. The molecule has 0 saturated carbocycles. The highest BCUT2D eigenvalue weighted by molar-refractivity contribution is 8.14. The van der Waals surface area contributed by atoms with Crippen LogP contribution in [0.2, 0.25) is 0 Å². The second kappa shape index (κ2) is 13.2. The molecule has 0 aliphatic rings. The first kappa shape index (κ1) is 21.0. The standard InChI is InChI=1S/C17H32N4O2S/c1-4-7-8-9-10-11-12-15-18-16(23-20-15)17(19-22)24-14-13-21(5-2)6-3/h22H,4-14H2,1-3H3/b19-17-. The predicted molar refractivity (Wildman–Crippen MR) is 99.9 cm³/mol. The van der Waals surface area contributed by atoms with E-state index in [1.165, 1.54) is 43.9 Å². The van der Waals surface area contributed by atoms with Gasteiger partial charge in [-0.25, -0.2) is 0 Å². The molecule has 1 rings (SSSR count). The van der Waals surface area contributed by atoms with Gasteiger partial charge in [0.05, 0.1) is 0 Å². The van der Waals surface area contributed by atoms with Gasteiger partial charge in [-0.2, -0.15) is 4.98 Å². The second-order valence-electron chi connectivity index (χ2n) is 5.81. The SMILES string of the molecule is CCCCCCCCc1noc(/C(=N/O)SCCN(CC)CC)n1. The van der Waals surface area contributed by atoms with Gasteiger partial charge in [0.1, 0.15) is 0 Å². The summed E-state index contributed by atoms with van der Waals surface area (Å²) in [5.74, 6) is 1.85. The molecule has 0 spiro atoms. The van der Waals surface area contributed by atoms with Gasteiger partial charge in [-0.15, -0.1) is 0 Å². The average molecular weight is 357 g/mol. The molecule has 0 atom stereocenters. The van der Waals surface area contributed by atoms with E-state index in [0.29, 0.717) is 16.8 Å². The minimum atomic E-state index is 0.322. The Kier molecular flexibility index (Phi) is 11.6. The lowest BCUT2D eigenvalue weighted by atomic mass is 10.1. The number of hydrogen-bond donors (Lipinski definition) is 1. The Hall–Kier alpha value is -1.08. The monoisotopic (exact) mass is 356 g/mol. The lowest BCUT2D eigenvalue weighted by Gasteiger charge is -2.16. The molecule has 0 aromatic carbocycles. The summed E-state index contributed by atoms with van der Waals surface area (Å²) in [4.78, 5) is 6.67. The number of oxime groups is 1. The van der Waals surface area contributed by atoms with Crippen LogP contribution in [0.1, 0.15) is 71.0 Å². The van der Waals surface area contributed by atoms with Crippen LogP contribution in [0.3, 0.4) is 0 Å². The number of nitrogens with zero attached hydrogens (tertiary/aromatic N) is 4. The highest BCUT2D eigenvalue weighted by atomic mass is 32.2. The van der Waals surface area contributed by atoms with Crippen LogP contribution in [0.25, 0.3) is 0 Å². The number of rotatable bonds is 13. The Morgan fingerprint density at radius 3 is 2.50 bits per heavy atom. The molecule has 0 bridgehead atoms.